The van der Waals surface area contributed by atoms with Gasteiger partial charge in [0.25, 0.3) is 0 Å². The van der Waals surface area contributed by atoms with Crippen LogP contribution in [-0.4, -0.2) is 52.1 Å². The quantitative estimate of drug-likeness (QED) is 0.498. The van der Waals surface area contributed by atoms with Gasteiger partial charge < -0.3 is 14.9 Å². The van der Waals surface area contributed by atoms with E-state index in [2.05, 4.69) is 5.32 Å². The SMILES string of the molecule is CC(=O)OC(C(C)=O)C(C)NC(CCC(=O)O)C(=O)O. The van der Waals surface area contributed by atoms with E-state index in [0.717, 1.165) is 6.92 Å². The summed E-state index contributed by atoms with van der Waals surface area (Å²) >= 11 is 0. The van der Waals surface area contributed by atoms with Gasteiger partial charge in [-0.15, -0.1) is 0 Å². The van der Waals surface area contributed by atoms with E-state index in [0.29, 0.717) is 0 Å². The van der Waals surface area contributed by atoms with Crippen molar-refractivity contribution >= 4 is 23.7 Å². The minimum absolute atomic E-state index is 0.139. The highest BCUT2D eigenvalue weighted by Crippen LogP contribution is 2.06. The van der Waals surface area contributed by atoms with Crippen molar-refractivity contribution in [2.75, 3.05) is 0 Å². The lowest BCUT2D eigenvalue weighted by molar-refractivity contribution is -0.154. The molecule has 0 heterocycles. The second-order valence-corrected chi connectivity index (χ2v) is 4.42. The predicted octanol–water partition coefficient (Wildman–Crippen LogP) is -0.197. The van der Waals surface area contributed by atoms with Crippen molar-refractivity contribution in [1.29, 1.82) is 0 Å². The van der Waals surface area contributed by atoms with Crippen molar-refractivity contribution in [2.24, 2.45) is 0 Å². The Bertz CT molecular complexity index is 393. The van der Waals surface area contributed by atoms with Gasteiger partial charge in [0.15, 0.2) is 11.9 Å². The zero-order valence-electron chi connectivity index (χ0n) is 11.6. The van der Waals surface area contributed by atoms with Crippen LogP contribution in [-0.2, 0) is 23.9 Å². The molecule has 8 nitrogen and oxygen atoms in total. The van der Waals surface area contributed by atoms with Crippen LogP contribution in [0.15, 0.2) is 0 Å². The van der Waals surface area contributed by atoms with Crippen molar-refractivity contribution in [2.45, 2.75) is 51.8 Å². The van der Waals surface area contributed by atoms with Gasteiger partial charge in [-0.1, -0.05) is 0 Å². The molecule has 0 aliphatic heterocycles. The highest BCUT2D eigenvalue weighted by molar-refractivity contribution is 5.84. The first-order valence-electron chi connectivity index (χ1n) is 6.03. The molecule has 0 amide bonds. The second-order valence-electron chi connectivity index (χ2n) is 4.42. The van der Waals surface area contributed by atoms with Gasteiger partial charge in [0.05, 0.1) is 0 Å². The van der Waals surface area contributed by atoms with Crippen LogP contribution in [0, 0.1) is 0 Å². The van der Waals surface area contributed by atoms with Gasteiger partial charge in [-0.3, -0.25) is 24.5 Å². The van der Waals surface area contributed by atoms with Crippen LogP contribution in [0.2, 0.25) is 0 Å². The molecule has 0 rings (SSSR count). The molecule has 0 aromatic rings. The number of ether oxygens (including phenoxy) is 1. The van der Waals surface area contributed by atoms with Crippen molar-refractivity contribution < 1.29 is 34.1 Å². The number of carbonyl (C=O) groups excluding carboxylic acids is 2. The number of hydrogen-bond acceptors (Lipinski definition) is 6. The molecule has 0 aliphatic rings. The number of Topliss-reactive ketones (excluding diaryl/α,β-unsaturated/α-hetero) is 1. The van der Waals surface area contributed by atoms with Crippen LogP contribution in [0.4, 0.5) is 0 Å². The Morgan fingerprint density at radius 3 is 2.05 bits per heavy atom. The third kappa shape index (κ3) is 6.83. The van der Waals surface area contributed by atoms with Gasteiger partial charge in [-0.2, -0.15) is 0 Å². The van der Waals surface area contributed by atoms with Gasteiger partial charge in [0.1, 0.15) is 6.04 Å². The summed E-state index contributed by atoms with van der Waals surface area (Å²) in [6.07, 6.45) is -1.58. The standard InChI is InChI=1S/C12H19NO7/c1-6(11(7(2)14)20-8(3)15)13-9(12(18)19)4-5-10(16)17/h6,9,11,13H,4-5H2,1-3H3,(H,16,17)(H,18,19). The fourth-order valence-corrected chi connectivity index (χ4v) is 1.67. The fraction of sp³-hybridized carbons (Fsp3) is 0.667. The maximum atomic E-state index is 11.4. The summed E-state index contributed by atoms with van der Waals surface area (Å²) < 4.78 is 4.82. The van der Waals surface area contributed by atoms with Crippen LogP contribution in [0.25, 0.3) is 0 Å². The number of carboxylic acid groups (broad SMARTS) is 2. The molecule has 0 fully saturated rings. The lowest BCUT2D eigenvalue weighted by Crippen LogP contribution is -2.50. The number of nitrogens with one attached hydrogen (secondary N) is 1. The molecular formula is C12H19NO7. The van der Waals surface area contributed by atoms with E-state index in [4.69, 9.17) is 14.9 Å². The number of rotatable bonds is 9. The summed E-state index contributed by atoms with van der Waals surface area (Å²) in [6, 6.07) is -1.88. The molecule has 3 N–H and O–H groups in total. The molecule has 0 aromatic heterocycles. The Balaban J connectivity index is 4.73. The largest absolute Gasteiger partial charge is 0.481 e. The molecular weight excluding hydrogens is 270 g/mol. The van der Waals surface area contributed by atoms with Crippen LogP contribution < -0.4 is 5.32 Å². The lowest BCUT2D eigenvalue weighted by atomic mass is 10.1. The Morgan fingerprint density at radius 2 is 1.70 bits per heavy atom. The van der Waals surface area contributed by atoms with E-state index in [1.165, 1.54) is 13.8 Å². The second kappa shape index (κ2) is 8.26. The molecule has 0 aromatic carbocycles. The van der Waals surface area contributed by atoms with E-state index in [1.807, 2.05) is 0 Å². The van der Waals surface area contributed by atoms with Crippen LogP contribution in [0.1, 0.15) is 33.6 Å². The van der Waals surface area contributed by atoms with Gasteiger partial charge in [-0.25, -0.2) is 0 Å². The van der Waals surface area contributed by atoms with Gasteiger partial charge in [-0.05, 0) is 20.3 Å². The third-order valence-electron chi connectivity index (χ3n) is 2.56. The number of hydrogen-bond donors (Lipinski definition) is 3. The first kappa shape index (κ1) is 18.0. The summed E-state index contributed by atoms with van der Waals surface area (Å²) in [5, 5.41) is 20.1. The predicted molar refractivity (Wildman–Crippen MR) is 67.1 cm³/mol. The molecule has 0 radical (unpaired) electrons. The lowest BCUT2D eigenvalue weighted by Gasteiger charge is -2.25. The molecule has 114 valence electrons. The summed E-state index contributed by atoms with van der Waals surface area (Å²) in [5.74, 6) is -3.43. The smallest absolute Gasteiger partial charge is 0.320 e. The summed E-state index contributed by atoms with van der Waals surface area (Å²) in [5.41, 5.74) is 0. The van der Waals surface area contributed by atoms with Crippen LogP contribution in [0.5, 0.6) is 0 Å². The molecule has 0 saturated carbocycles. The van der Waals surface area contributed by atoms with E-state index in [-0.39, 0.29) is 12.8 Å². The van der Waals surface area contributed by atoms with Crippen molar-refractivity contribution in [3.63, 3.8) is 0 Å². The molecule has 0 bridgehead atoms. The maximum absolute atomic E-state index is 11.4. The molecule has 0 aliphatic carbocycles. The van der Waals surface area contributed by atoms with Crippen molar-refractivity contribution in [1.82, 2.24) is 5.32 Å². The normalized spacial score (nSPS) is 14.9. The molecule has 0 spiro atoms. The summed E-state index contributed by atoms with van der Waals surface area (Å²) in [6.45, 7) is 3.85. The minimum Gasteiger partial charge on any atom is -0.481 e. The summed E-state index contributed by atoms with van der Waals surface area (Å²) in [4.78, 5) is 43.8. The number of esters is 1. The monoisotopic (exact) mass is 289 g/mol. The zero-order valence-corrected chi connectivity index (χ0v) is 11.6. The fourth-order valence-electron chi connectivity index (χ4n) is 1.67. The zero-order chi connectivity index (χ0) is 15.9. The molecule has 3 unspecified atom stereocenters. The molecule has 3 atom stereocenters. The Kier molecular flexibility index (Phi) is 7.45. The third-order valence-corrected chi connectivity index (χ3v) is 2.56. The number of carbonyl (C=O) groups is 4. The number of carboxylic acids is 2. The highest BCUT2D eigenvalue weighted by atomic mass is 16.5. The van der Waals surface area contributed by atoms with E-state index in [9.17, 15) is 19.2 Å². The average molecular weight is 289 g/mol. The Hall–Kier alpha value is -1.96. The van der Waals surface area contributed by atoms with Crippen molar-refractivity contribution in [3.05, 3.63) is 0 Å². The van der Waals surface area contributed by atoms with Gasteiger partial charge in [0.2, 0.25) is 0 Å². The Labute approximate surface area is 116 Å². The first-order valence-corrected chi connectivity index (χ1v) is 6.03. The van der Waals surface area contributed by atoms with Crippen LogP contribution in [0.3, 0.4) is 0 Å². The summed E-state index contributed by atoms with van der Waals surface area (Å²) in [7, 11) is 0. The van der Waals surface area contributed by atoms with Gasteiger partial charge in [0, 0.05) is 19.4 Å². The average Bonchev–Trinajstić information content (AvgIpc) is 2.29. The number of ketones is 1. The number of aliphatic carboxylic acids is 2. The topological polar surface area (TPSA) is 130 Å². The highest BCUT2D eigenvalue weighted by Gasteiger charge is 2.29. The first-order chi connectivity index (χ1) is 9.15. The molecule has 8 heteroatoms. The minimum atomic E-state index is -1.23. The molecule has 0 saturated heterocycles. The van der Waals surface area contributed by atoms with E-state index in [1.54, 1.807) is 0 Å². The van der Waals surface area contributed by atoms with Crippen LogP contribution >= 0.6 is 0 Å². The Morgan fingerprint density at radius 1 is 1.15 bits per heavy atom. The molecule has 20 heavy (non-hydrogen) atoms. The maximum Gasteiger partial charge on any atom is 0.320 e. The van der Waals surface area contributed by atoms with Crippen molar-refractivity contribution in [3.8, 4) is 0 Å². The van der Waals surface area contributed by atoms with E-state index < -0.39 is 41.9 Å². The van der Waals surface area contributed by atoms with Gasteiger partial charge >= 0.3 is 17.9 Å². The van der Waals surface area contributed by atoms with E-state index >= 15 is 0 Å².